The molecular formula is C17H25N3. The molecule has 0 saturated carbocycles. The predicted octanol–water partition coefficient (Wildman–Crippen LogP) is 2.19. The molecule has 0 unspecified atom stereocenters. The van der Waals surface area contributed by atoms with Crippen LogP contribution in [0.25, 0.3) is 10.9 Å². The number of piperazine rings is 1. The molecule has 1 N–H and O–H groups in total. The molecule has 108 valence electrons. The van der Waals surface area contributed by atoms with Crippen molar-refractivity contribution in [1.29, 1.82) is 0 Å². The molecule has 3 rings (SSSR count). The van der Waals surface area contributed by atoms with Gasteiger partial charge in [-0.05, 0) is 36.1 Å². The van der Waals surface area contributed by atoms with E-state index in [0.29, 0.717) is 0 Å². The average molecular weight is 271 g/mol. The lowest BCUT2D eigenvalue weighted by Crippen LogP contribution is -2.44. The Morgan fingerprint density at radius 1 is 1.20 bits per heavy atom. The highest BCUT2D eigenvalue weighted by Crippen LogP contribution is 2.23. The van der Waals surface area contributed by atoms with Gasteiger partial charge in [-0.1, -0.05) is 13.0 Å². The second kappa shape index (κ2) is 5.98. The van der Waals surface area contributed by atoms with Crippen molar-refractivity contribution >= 4 is 10.9 Å². The molecule has 0 aliphatic carbocycles. The summed E-state index contributed by atoms with van der Waals surface area (Å²) in [6, 6.07) is 6.90. The zero-order valence-corrected chi connectivity index (χ0v) is 12.7. The van der Waals surface area contributed by atoms with Gasteiger partial charge >= 0.3 is 0 Å². The van der Waals surface area contributed by atoms with Crippen LogP contribution in [0.2, 0.25) is 0 Å². The molecule has 1 aliphatic rings. The van der Waals surface area contributed by atoms with Gasteiger partial charge in [0.2, 0.25) is 0 Å². The molecule has 0 spiro atoms. The molecule has 2 aromatic rings. The first-order valence-corrected chi connectivity index (χ1v) is 7.78. The van der Waals surface area contributed by atoms with E-state index in [4.69, 9.17) is 0 Å². The molecule has 0 amide bonds. The van der Waals surface area contributed by atoms with E-state index in [-0.39, 0.29) is 0 Å². The number of benzene rings is 1. The van der Waals surface area contributed by atoms with E-state index >= 15 is 0 Å². The summed E-state index contributed by atoms with van der Waals surface area (Å²) >= 11 is 0. The van der Waals surface area contributed by atoms with Crippen LogP contribution in [-0.2, 0) is 19.9 Å². The van der Waals surface area contributed by atoms with E-state index in [2.05, 4.69) is 53.2 Å². The quantitative estimate of drug-likeness (QED) is 0.920. The van der Waals surface area contributed by atoms with Crippen molar-refractivity contribution in [3.8, 4) is 0 Å². The molecule has 1 aromatic heterocycles. The topological polar surface area (TPSA) is 20.2 Å². The summed E-state index contributed by atoms with van der Waals surface area (Å²) < 4.78 is 2.27. The number of aromatic nitrogens is 1. The molecule has 2 heterocycles. The highest BCUT2D eigenvalue weighted by molar-refractivity contribution is 5.84. The van der Waals surface area contributed by atoms with Crippen molar-refractivity contribution in [1.82, 2.24) is 14.8 Å². The third kappa shape index (κ3) is 2.74. The molecule has 1 aromatic carbocycles. The van der Waals surface area contributed by atoms with Crippen LogP contribution in [0.4, 0.5) is 0 Å². The normalized spacial score (nSPS) is 16.9. The first-order chi connectivity index (χ1) is 9.78. The first-order valence-electron chi connectivity index (χ1n) is 7.78. The minimum absolute atomic E-state index is 1.11. The van der Waals surface area contributed by atoms with Crippen LogP contribution in [0, 0.1) is 0 Å². The van der Waals surface area contributed by atoms with Gasteiger partial charge < -0.3 is 14.8 Å². The summed E-state index contributed by atoms with van der Waals surface area (Å²) in [7, 11) is 2.16. The minimum atomic E-state index is 1.11. The summed E-state index contributed by atoms with van der Waals surface area (Å²) in [6.45, 7) is 8.04. The smallest absolute Gasteiger partial charge is 0.0480 e. The zero-order chi connectivity index (χ0) is 13.9. The number of nitrogens with zero attached hydrogens (tertiary/aromatic N) is 2. The second-order valence-corrected chi connectivity index (χ2v) is 5.81. The summed E-state index contributed by atoms with van der Waals surface area (Å²) in [5.74, 6) is 0. The van der Waals surface area contributed by atoms with Crippen molar-refractivity contribution in [2.75, 3.05) is 32.7 Å². The third-order valence-corrected chi connectivity index (χ3v) is 4.45. The predicted molar refractivity (Wildman–Crippen MR) is 85.3 cm³/mol. The number of nitrogens with one attached hydrogen (secondary N) is 1. The van der Waals surface area contributed by atoms with Gasteiger partial charge in [0.05, 0.1) is 0 Å². The average Bonchev–Trinajstić information content (AvgIpc) is 2.82. The molecule has 20 heavy (non-hydrogen) atoms. The summed E-state index contributed by atoms with van der Waals surface area (Å²) in [4.78, 5) is 2.57. The maximum atomic E-state index is 3.42. The van der Waals surface area contributed by atoms with Gasteiger partial charge in [-0.25, -0.2) is 0 Å². The van der Waals surface area contributed by atoms with Gasteiger partial charge in [-0.15, -0.1) is 0 Å². The zero-order valence-electron chi connectivity index (χ0n) is 12.7. The van der Waals surface area contributed by atoms with E-state index in [1.165, 1.54) is 41.7 Å². The standard InChI is InChI=1S/C17H25N3/c1-3-14-4-5-17-16(12-14)15(13-19(17)2)6-9-20-10-7-18-8-11-20/h4-5,12-13,18H,3,6-11H2,1-2H3. The Bertz CT molecular complexity index is 579. The van der Waals surface area contributed by atoms with Gasteiger partial charge in [0.1, 0.15) is 0 Å². The fourth-order valence-electron chi connectivity index (χ4n) is 3.15. The van der Waals surface area contributed by atoms with Gasteiger partial charge in [0, 0.05) is 56.9 Å². The second-order valence-electron chi connectivity index (χ2n) is 5.81. The third-order valence-electron chi connectivity index (χ3n) is 4.45. The maximum absolute atomic E-state index is 3.42. The fraction of sp³-hybridized carbons (Fsp3) is 0.529. The van der Waals surface area contributed by atoms with Crippen LogP contribution in [0.5, 0.6) is 0 Å². The van der Waals surface area contributed by atoms with Crippen molar-refractivity contribution < 1.29 is 0 Å². The highest BCUT2D eigenvalue weighted by atomic mass is 15.2. The maximum Gasteiger partial charge on any atom is 0.0480 e. The number of hydrogen-bond acceptors (Lipinski definition) is 2. The van der Waals surface area contributed by atoms with Crippen molar-refractivity contribution in [3.05, 3.63) is 35.5 Å². The fourth-order valence-corrected chi connectivity index (χ4v) is 3.15. The number of fused-ring (bicyclic) bond motifs is 1. The Kier molecular flexibility index (Phi) is 4.08. The van der Waals surface area contributed by atoms with Crippen LogP contribution in [-0.4, -0.2) is 42.2 Å². The van der Waals surface area contributed by atoms with E-state index in [0.717, 1.165) is 25.9 Å². The molecule has 0 atom stereocenters. The van der Waals surface area contributed by atoms with Crippen LogP contribution in [0.1, 0.15) is 18.1 Å². The largest absolute Gasteiger partial charge is 0.350 e. The van der Waals surface area contributed by atoms with Crippen molar-refractivity contribution in [3.63, 3.8) is 0 Å². The first kappa shape index (κ1) is 13.7. The lowest BCUT2D eigenvalue weighted by molar-refractivity contribution is 0.244. The van der Waals surface area contributed by atoms with Crippen LogP contribution in [0.3, 0.4) is 0 Å². The Morgan fingerprint density at radius 2 is 2.00 bits per heavy atom. The lowest BCUT2D eigenvalue weighted by Gasteiger charge is -2.26. The highest BCUT2D eigenvalue weighted by Gasteiger charge is 2.12. The molecular weight excluding hydrogens is 246 g/mol. The SMILES string of the molecule is CCc1ccc2c(c1)c(CCN1CCNCC1)cn2C. The van der Waals surface area contributed by atoms with Gasteiger partial charge in [0.25, 0.3) is 0 Å². The monoisotopic (exact) mass is 271 g/mol. The van der Waals surface area contributed by atoms with Crippen molar-refractivity contribution in [2.24, 2.45) is 7.05 Å². The Balaban J connectivity index is 1.79. The minimum Gasteiger partial charge on any atom is -0.350 e. The van der Waals surface area contributed by atoms with E-state index in [1.807, 2.05) is 0 Å². The summed E-state index contributed by atoms with van der Waals surface area (Å²) in [5, 5.41) is 4.86. The molecule has 0 radical (unpaired) electrons. The van der Waals surface area contributed by atoms with Gasteiger partial charge in [-0.2, -0.15) is 0 Å². The van der Waals surface area contributed by atoms with E-state index < -0.39 is 0 Å². The Morgan fingerprint density at radius 3 is 2.75 bits per heavy atom. The molecule has 1 aliphatic heterocycles. The van der Waals surface area contributed by atoms with Crippen molar-refractivity contribution in [2.45, 2.75) is 19.8 Å². The molecule has 1 fully saturated rings. The number of rotatable bonds is 4. The van der Waals surface area contributed by atoms with Crippen LogP contribution in [0.15, 0.2) is 24.4 Å². The van der Waals surface area contributed by atoms with E-state index in [9.17, 15) is 0 Å². The van der Waals surface area contributed by atoms with Crippen LogP contribution < -0.4 is 5.32 Å². The molecule has 0 bridgehead atoms. The lowest BCUT2D eigenvalue weighted by atomic mass is 10.1. The van der Waals surface area contributed by atoms with Gasteiger partial charge in [0.15, 0.2) is 0 Å². The summed E-state index contributed by atoms with van der Waals surface area (Å²) in [6.07, 6.45) is 4.58. The Labute approximate surface area is 121 Å². The van der Waals surface area contributed by atoms with E-state index in [1.54, 1.807) is 0 Å². The summed E-state index contributed by atoms with van der Waals surface area (Å²) in [5.41, 5.74) is 4.29. The van der Waals surface area contributed by atoms with Crippen LogP contribution >= 0.6 is 0 Å². The molecule has 3 nitrogen and oxygen atoms in total. The van der Waals surface area contributed by atoms with Gasteiger partial charge in [-0.3, -0.25) is 0 Å². The number of hydrogen-bond donors (Lipinski definition) is 1. The Hall–Kier alpha value is -1.32. The molecule has 3 heteroatoms. The number of aryl methyl sites for hydroxylation is 2. The molecule has 1 saturated heterocycles.